The second kappa shape index (κ2) is 6.62. The Bertz CT molecular complexity index is 393. The summed E-state index contributed by atoms with van der Waals surface area (Å²) in [5, 5.41) is 0.694. The molecule has 0 fully saturated rings. The van der Waals surface area contributed by atoms with Crippen molar-refractivity contribution in [1.29, 1.82) is 0 Å². The highest BCUT2D eigenvalue weighted by Crippen LogP contribution is 2.23. The van der Waals surface area contributed by atoms with Crippen LogP contribution in [0.15, 0.2) is 18.2 Å². The molecule has 0 radical (unpaired) electrons. The van der Waals surface area contributed by atoms with Crippen molar-refractivity contribution in [3.63, 3.8) is 0 Å². The maximum absolute atomic E-state index is 10.9. The first kappa shape index (κ1) is 14.0. The summed E-state index contributed by atoms with van der Waals surface area (Å²) < 4.78 is 5.09. The molecule has 0 bridgehead atoms. The van der Waals surface area contributed by atoms with Gasteiger partial charge in [-0.05, 0) is 31.7 Å². The molecule has 0 atom stereocenters. The molecule has 0 aliphatic rings. The molecule has 0 aromatic heterocycles. The van der Waals surface area contributed by atoms with Crippen molar-refractivity contribution in [2.45, 2.75) is 19.9 Å². The molecule has 17 heavy (non-hydrogen) atoms. The number of carbonyl (C=O) groups excluding carboxylic acids is 1. The van der Waals surface area contributed by atoms with E-state index >= 15 is 0 Å². The van der Waals surface area contributed by atoms with Crippen LogP contribution in [0.5, 0.6) is 5.75 Å². The Morgan fingerprint density at radius 1 is 1.47 bits per heavy atom. The third kappa shape index (κ3) is 4.75. The lowest BCUT2D eigenvalue weighted by Crippen LogP contribution is -2.20. The molecule has 0 saturated heterocycles. The first-order valence-electron chi connectivity index (χ1n) is 5.53. The zero-order chi connectivity index (χ0) is 12.8. The summed E-state index contributed by atoms with van der Waals surface area (Å²) in [6.45, 7) is 3.09. The molecule has 1 rings (SSSR count). The van der Waals surface area contributed by atoms with Crippen molar-refractivity contribution in [2.75, 3.05) is 20.7 Å². The minimum Gasteiger partial charge on any atom is -0.497 e. The Balaban J connectivity index is 2.59. The van der Waals surface area contributed by atoms with Crippen LogP contribution in [0.4, 0.5) is 0 Å². The van der Waals surface area contributed by atoms with Crippen molar-refractivity contribution >= 4 is 17.4 Å². The number of carbonyl (C=O) groups is 1. The number of benzene rings is 1. The second-order valence-electron chi connectivity index (χ2n) is 4.15. The third-order valence-electron chi connectivity index (χ3n) is 2.55. The van der Waals surface area contributed by atoms with Crippen LogP contribution < -0.4 is 4.74 Å². The normalized spacial score (nSPS) is 10.6. The molecule has 4 heteroatoms. The van der Waals surface area contributed by atoms with E-state index in [1.54, 1.807) is 20.1 Å². The van der Waals surface area contributed by atoms with Crippen molar-refractivity contribution in [3.05, 3.63) is 28.8 Å². The van der Waals surface area contributed by atoms with Crippen LogP contribution in [0.25, 0.3) is 0 Å². The molecule has 0 saturated carbocycles. The maximum atomic E-state index is 10.9. The summed E-state index contributed by atoms with van der Waals surface area (Å²) in [5.41, 5.74) is 1.04. The summed E-state index contributed by atoms with van der Waals surface area (Å²) in [7, 11) is 3.59. The van der Waals surface area contributed by atoms with Crippen molar-refractivity contribution in [3.8, 4) is 5.75 Å². The predicted octanol–water partition coefficient (Wildman–Crippen LogP) is 2.76. The summed E-state index contributed by atoms with van der Waals surface area (Å²) in [4.78, 5) is 13.0. The lowest BCUT2D eigenvalue weighted by Gasteiger charge is -2.17. The number of nitrogens with zero attached hydrogens (tertiary/aromatic N) is 1. The fraction of sp³-hybridized carbons (Fsp3) is 0.462. The molecule has 0 heterocycles. The monoisotopic (exact) mass is 255 g/mol. The summed E-state index contributed by atoms with van der Waals surface area (Å²) in [5.74, 6) is 0.961. The summed E-state index contributed by atoms with van der Waals surface area (Å²) in [6, 6.07) is 5.64. The van der Waals surface area contributed by atoms with Gasteiger partial charge in [-0.25, -0.2) is 0 Å². The van der Waals surface area contributed by atoms with Crippen LogP contribution in [-0.2, 0) is 11.3 Å². The number of rotatable bonds is 6. The van der Waals surface area contributed by atoms with E-state index in [9.17, 15) is 4.79 Å². The van der Waals surface area contributed by atoms with E-state index in [2.05, 4.69) is 4.90 Å². The lowest BCUT2D eigenvalue weighted by atomic mass is 10.2. The smallest absolute Gasteiger partial charge is 0.131 e. The zero-order valence-electron chi connectivity index (χ0n) is 10.5. The molecule has 0 unspecified atom stereocenters. The summed E-state index contributed by atoms with van der Waals surface area (Å²) >= 11 is 6.14. The Kier molecular flexibility index (Phi) is 5.45. The Hall–Kier alpha value is -1.06. The summed E-state index contributed by atoms with van der Waals surface area (Å²) in [6.07, 6.45) is 0.574. The van der Waals surface area contributed by atoms with Crippen LogP contribution in [0.2, 0.25) is 5.02 Å². The van der Waals surface area contributed by atoms with Crippen LogP contribution in [-0.4, -0.2) is 31.4 Å². The third-order valence-corrected chi connectivity index (χ3v) is 2.90. The highest BCUT2D eigenvalue weighted by Gasteiger charge is 2.06. The van der Waals surface area contributed by atoms with E-state index in [-0.39, 0.29) is 5.78 Å². The molecule has 0 spiro atoms. The highest BCUT2D eigenvalue weighted by atomic mass is 35.5. The van der Waals surface area contributed by atoms with Gasteiger partial charge in [0.15, 0.2) is 0 Å². The number of ether oxygens (including phenoxy) is 1. The quantitative estimate of drug-likeness (QED) is 0.783. The minimum absolute atomic E-state index is 0.206. The average Bonchev–Trinajstić information content (AvgIpc) is 2.29. The van der Waals surface area contributed by atoms with Gasteiger partial charge in [0, 0.05) is 24.5 Å². The molecule has 3 nitrogen and oxygen atoms in total. The van der Waals surface area contributed by atoms with Gasteiger partial charge in [-0.1, -0.05) is 17.7 Å². The van der Waals surface area contributed by atoms with Crippen molar-refractivity contribution < 1.29 is 9.53 Å². The van der Waals surface area contributed by atoms with E-state index in [1.165, 1.54) is 0 Å². The molecule has 94 valence electrons. The van der Waals surface area contributed by atoms with E-state index in [1.807, 2.05) is 19.2 Å². The van der Waals surface area contributed by atoms with Crippen LogP contribution in [0.3, 0.4) is 0 Å². The fourth-order valence-electron chi connectivity index (χ4n) is 1.50. The molecule has 0 aliphatic carbocycles. The highest BCUT2D eigenvalue weighted by molar-refractivity contribution is 6.31. The van der Waals surface area contributed by atoms with Gasteiger partial charge in [-0.2, -0.15) is 0 Å². The van der Waals surface area contributed by atoms with Gasteiger partial charge in [-0.3, -0.25) is 4.79 Å². The van der Waals surface area contributed by atoms with Gasteiger partial charge in [0.25, 0.3) is 0 Å². The first-order valence-corrected chi connectivity index (χ1v) is 5.91. The number of halogens is 1. The SMILES string of the molecule is COc1ccc(CN(C)CCC(C)=O)c(Cl)c1. The standard InChI is InChI=1S/C13H18ClNO2/c1-10(16)6-7-15(2)9-11-4-5-12(17-3)8-13(11)14/h4-5,8H,6-7,9H2,1-3H3. The Morgan fingerprint density at radius 2 is 2.18 bits per heavy atom. The molecule has 1 aromatic rings. The molecule has 0 N–H and O–H groups in total. The lowest BCUT2D eigenvalue weighted by molar-refractivity contribution is -0.117. The molecule has 1 aromatic carbocycles. The average molecular weight is 256 g/mol. The van der Waals surface area contributed by atoms with Crippen molar-refractivity contribution in [1.82, 2.24) is 4.90 Å². The maximum Gasteiger partial charge on any atom is 0.131 e. The van der Waals surface area contributed by atoms with Crippen LogP contribution in [0.1, 0.15) is 18.9 Å². The minimum atomic E-state index is 0.206. The van der Waals surface area contributed by atoms with Crippen molar-refractivity contribution in [2.24, 2.45) is 0 Å². The van der Waals surface area contributed by atoms with E-state index in [0.717, 1.165) is 24.4 Å². The van der Waals surface area contributed by atoms with Gasteiger partial charge in [0.1, 0.15) is 11.5 Å². The van der Waals surface area contributed by atoms with E-state index < -0.39 is 0 Å². The number of Topliss-reactive ketones (excluding diaryl/α,β-unsaturated/α-hetero) is 1. The topological polar surface area (TPSA) is 29.5 Å². The fourth-order valence-corrected chi connectivity index (χ4v) is 1.73. The van der Waals surface area contributed by atoms with Crippen LogP contribution >= 0.6 is 11.6 Å². The number of ketones is 1. The Labute approximate surface area is 107 Å². The van der Waals surface area contributed by atoms with Gasteiger partial charge in [0.05, 0.1) is 7.11 Å². The Morgan fingerprint density at radius 3 is 2.71 bits per heavy atom. The number of hydrogen-bond acceptors (Lipinski definition) is 3. The molecule has 0 amide bonds. The van der Waals surface area contributed by atoms with Gasteiger partial charge < -0.3 is 9.64 Å². The first-order chi connectivity index (χ1) is 8.02. The number of hydrogen-bond donors (Lipinski definition) is 0. The van der Waals surface area contributed by atoms with E-state index in [4.69, 9.17) is 16.3 Å². The molecule has 0 aliphatic heterocycles. The number of methoxy groups -OCH3 is 1. The van der Waals surface area contributed by atoms with Crippen LogP contribution in [0, 0.1) is 0 Å². The van der Waals surface area contributed by atoms with Gasteiger partial charge in [-0.15, -0.1) is 0 Å². The molecular weight excluding hydrogens is 238 g/mol. The van der Waals surface area contributed by atoms with E-state index in [0.29, 0.717) is 11.4 Å². The van der Waals surface area contributed by atoms with Gasteiger partial charge >= 0.3 is 0 Å². The second-order valence-corrected chi connectivity index (χ2v) is 4.55. The predicted molar refractivity (Wildman–Crippen MR) is 69.6 cm³/mol. The largest absolute Gasteiger partial charge is 0.497 e. The van der Waals surface area contributed by atoms with Gasteiger partial charge in [0.2, 0.25) is 0 Å². The molecular formula is C13H18ClNO2. The zero-order valence-corrected chi connectivity index (χ0v) is 11.3.